The highest BCUT2D eigenvalue weighted by molar-refractivity contribution is 6.34. The number of methoxy groups -OCH3 is 1. The summed E-state index contributed by atoms with van der Waals surface area (Å²) in [7, 11) is 1.21. The van der Waals surface area contributed by atoms with Gasteiger partial charge in [-0.2, -0.15) is 0 Å². The Labute approximate surface area is 223 Å². The number of nitrogens with one attached hydrogen (secondary N) is 2. The Kier molecular flexibility index (Phi) is 8.03. The predicted molar refractivity (Wildman–Crippen MR) is 145 cm³/mol. The molecule has 9 heteroatoms. The second-order valence-corrected chi connectivity index (χ2v) is 8.87. The van der Waals surface area contributed by atoms with Gasteiger partial charge in [0.05, 0.1) is 23.2 Å². The monoisotopic (exact) mass is 529 g/mol. The molecule has 0 bridgehead atoms. The number of nitrogens with zero attached hydrogens (tertiary/aromatic N) is 1. The normalized spacial score (nSPS) is 11.2. The summed E-state index contributed by atoms with van der Waals surface area (Å²) in [5.74, 6) is -1.68. The maximum Gasteiger partial charge on any atom is 0.354 e. The van der Waals surface area contributed by atoms with Gasteiger partial charge in [0.25, 0.3) is 11.8 Å². The van der Waals surface area contributed by atoms with Crippen molar-refractivity contribution >= 4 is 46.4 Å². The Hall–Kier alpha value is -4.69. The molecule has 0 aliphatic rings. The number of esters is 1. The van der Waals surface area contributed by atoms with Gasteiger partial charge in [0.1, 0.15) is 11.4 Å². The van der Waals surface area contributed by atoms with E-state index < -0.39 is 17.8 Å². The van der Waals surface area contributed by atoms with E-state index in [-0.39, 0.29) is 34.1 Å². The number of pyridine rings is 1. The largest absolute Gasteiger partial charge is 0.508 e. The number of fused-ring (bicyclic) bond motifs is 1. The van der Waals surface area contributed by atoms with Gasteiger partial charge in [0, 0.05) is 23.7 Å². The summed E-state index contributed by atoms with van der Waals surface area (Å²) in [6.07, 6.45) is 3.05. The number of para-hydroxylation sites is 1. The van der Waals surface area contributed by atoms with E-state index in [4.69, 9.17) is 16.3 Å². The lowest BCUT2D eigenvalue weighted by molar-refractivity contribution is -0.136. The van der Waals surface area contributed by atoms with Gasteiger partial charge in [0.15, 0.2) is 0 Å². The van der Waals surface area contributed by atoms with Crippen LogP contribution in [0.15, 0.2) is 78.6 Å². The molecule has 1 heterocycles. The van der Waals surface area contributed by atoms with E-state index in [9.17, 15) is 19.5 Å². The van der Waals surface area contributed by atoms with Crippen LogP contribution in [0.1, 0.15) is 37.4 Å². The van der Waals surface area contributed by atoms with E-state index in [0.717, 1.165) is 16.5 Å². The Morgan fingerprint density at radius 1 is 1.03 bits per heavy atom. The molecule has 1 aromatic heterocycles. The molecule has 3 aromatic carbocycles. The number of rotatable bonds is 7. The SMILES string of the molecule is COC(=O)/C(=C/c1cnc2ccccc2c1)NC(=O)c1c(C)cc(C(=O)NCc2cccc(O)c2)cc1Cl. The van der Waals surface area contributed by atoms with Gasteiger partial charge >= 0.3 is 5.97 Å². The molecule has 0 atom stereocenters. The minimum Gasteiger partial charge on any atom is -0.508 e. The van der Waals surface area contributed by atoms with Gasteiger partial charge in [-0.15, -0.1) is 0 Å². The van der Waals surface area contributed by atoms with Crippen LogP contribution in [0.3, 0.4) is 0 Å². The smallest absolute Gasteiger partial charge is 0.354 e. The summed E-state index contributed by atoms with van der Waals surface area (Å²) in [6.45, 7) is 1.84. The van der Waals surface area contributed by atoms with Crippen LogP contribution in [0.4, 0.5) is 0 Å². The molecular weight excluding hydrogens is 506 g/mol. The lowest BCUT2D eigenvalue weighted by atomic mass is 10.0. The summed E-state index contributed by atoms with van der Waals surface area (Å²) in [6, 6.07) is 18.8. The summed E-state index contributed by atoms with van der Waals surface area (Å²) < 4.78 is 4.85. The third kappa shape index (κ3) is 6.16. The van der Waals surface area contributed by atoms with Crippen LogP contribution in [0.2, 0.25) is 5.02 Å². The van der Waals surface area contributed by atoms with Crippen molar-refractivity contribution in [1.82, 2.24) is 15.6 Å². The Balaban J connectivity index is 1.54. The Morgan fingerprint density at radius 2 is 1.82 bits per heavy atom. The first-order valence-electron chi connectivity index (χ1n) is 11.6. The molecule has 0 aliphatic carbocycles. The number of phenols is 1. The van der Waals surface area contributed by atoms with Crippen LogP contribution in [-0.4, -0.2) is 35.0 Å². The van der Waals surface area contributed by atoms with E-state index in [0.29, 0.717) is 11.1 Å². The number of hydrogen-bond donors (Lipinski definition) is 3. The number of aryl methyl sites for hydroxylation is 1. The molecule has 0 spiro atoms. The standard InChI is InChI=1S/C29H24ClN3O5/c1-17-10-21(27(35)32-15-18-6-5-8-22(34)12-18)14-23(30)26(17)28(36)33-25(29(37)38-2)13-19-11-20-7-3-4-9-24(20)31-16-19/h3-14,16,34H,15H2,1-2H3,(H,32,35)(H,33,36)/b25-13-. The minimum atomic E-state index is -0.747. The molecule has 8 nitrogen and oxygen atoms in total. The second-order valence-electron chi connectivity index (χ2n) is 8.47. The molecule has 2 amide bonds. The van der Waals surface area contributed by atoms with E-state index in [1.54, 1.807) is 31.3 Å². The topological polar surface area (TPSA) is 118 Å². The fourth-order valence-corrected chi connectivity index (χ4v) is 4.24. The molecule has 0 saturated heterocycles. The zero-order chi connectivity index (χ0) is 27.2. The third-order valence-electron chi connectivity index (χ3n) is 5.72. The number of phenolic OH excluding ortho intramolecular Hbond substituents is 1. The van der Waals surface area contributed by atoms with Crippen molar-refractivity contribution in [2.75, 3.05) is 7.11 Å². The molecule has 3 N–H and O–H groups in total. The van der Waals surface area contributed by atoms with E-state index in [2.05, 4.69) is 15.6 Å². The van der Waals surface area contributed by atoms with Crippen molar-refractivity contribution in [3.8, 4) is 5.75 Å². The number of carbonyl (C=O) groups excluding carboxylic acids is 3. The van der Waals surface area contributed by atoms with Crippen molar-refractivity contribution < 1.29 is 24.2 Å². The molecule has 38 heavy (non-hydrogen) atoms. The molecule has 0 aliphatic heterocycles. The number of hydrogen-bond acceptors (Lipinski definition) is 6. The highest BCUT2D eigenvalue weighted by Crippen LogP contribution is 2.23. The van der Waals surface area contributed by atoms with Crippen LogP contribution >= 0.6 is 11.6 Å². The molecule has 0 unspecified atom stereocenters. The van der Waals surface area contributed by atoms with Crippen LogP contribution in [0.25, 0.3) is 17.0 Å². The van der Waals surface area contributed by atoms with Crippen molar-refractivity contribution in [2.45, 2.75) is 13.5 Å². The molecule has 4 rings (SSSR count). The van der Waals surface area contributed by atoms with E-state index in [1.165, 1.54) is 31.4 Å². The van der Waals surface area contributed by atoms with Crippen molar-refractivity contribution in [1.29, 1.82) is 0 Å². The molecule has 192 valence electrons. The van der Waals surface area contributed by atoms with Gasteiger partial charge in [0.2, 0.25) is 0 Å². The molecule has 4 aromatic rings. The predicted octanol–water partition coefficient (Wildman–Crippen LogP) is 4.78. The number of aromatic nitrogens is 1. The average Bonchev–Trinajstić information content (AvgIpc) is 2.90. The first-order chi connectivity index (χ1) is 18.2. The first kappa shape index (κ1) is 26.4. The lowest BCUT2D eigenvalue weighted by Crippen LogP contribution is -2.29. The third-order valence-corrected chi connectivity index (χ3v) is 6.01. The lowest BCUT2D eigenvalue weighted by Gasteiger charge is -2.13. The molecule has 0 saturated carbocycles. The van der Waals surface area contributed by atoms with E-state index >= 15 is 0 Å². The maximum absolute atomic E-state index is 13.2. The van der Waals surface area contributed by atoms with Gasteiger partial charge in [-0.05, 0) is 66.1 Å². The first-order valence-corrected chi connectivity index (χ1v) is 12.0. The highest BCUT2D eigenvalue weighted by Gasteiger charge is 2.21. The zero-order valence-electron chi connectivity index (χ0n) is 20.6. The number of halogens is 1. The summed E-state index contributed by atoms with van der Waals surface area (Å²) >= 11 is 6.41. The van der Waals surface area contributed by atoms with Crippen LogP contribution < -0.4 is 10.6 Å². The van der Waals surface area contributed by atoms with Crippen molar-refractivity contribution in [2.24, 2.45) is 0 Å². The molecule has 0 fully saturated rings. The number of ether oxygens (including phenoxy) is 1. The number of aromatic hydroxyl groups is 1. The fraction of sp³-hybridized carbons (Fsp3) is 0.103. The van der Waals surface area contributed by atoms with Crippen molar-refractivity contribution in [3.63, 3.8) is 0 Å². The summed E-state index contributed by atoms with van der Waals surface area (Å²) in [4.78, 5) is 42.7. The van der Waals surface area contributed by atoms with Crippen LogP contribution in [0, 0.1) is 6.92 Å². The average molecular weight is 530 g/mol. The van der Waals surface area contributed by atoms with Crippen LogP contribution in [-0.2, 0) is 16.1 Å². The summed E-state index contributed by atoms with van der Waals surface area (Å²) in [5, 5.41) is 15.8. The zero-order valence-corrected chi connectivity index (χ0v) is 21.4. The number of benzene rings is 3. The molecular formula is C29H24ClN3O5. The van der Waals surface area contributed by atoms with E-state index in [1.807, 2.05) is 30.3 Å². The number of carbonyl (C=O) groups is 3. The maximum atomic E-state index is 13.2. The Bertz CT molecular complexity index is 1560. The Morgan fingerprint density at radius 3 is 2.55 bits per heavy atom. The highest BCUT2D eigenvalue weighted by atomic mass is 35.5. The number of amides is 2. The van der Waals surface area contributed by atoms with Gasteiger partial charge < -0.3 is 20.5 Å². The second kappa shape index (κ2) is 11.6. The van der Waals surface area contributed by atoms with Crippen molar-refractivity contribution in [3.05, 3.63) is 111 Å². The van der Waals surface area contributed by atoms with Gasteiger partial charge in [-0.1, -0.05) is 41.9 Å². The summed E-state index contributed by atoms with van der Waals surface area (Å²) in [5.41, 5.74) is 2.82. The van der Waals surface area contributed by atoms with Crippen LogP contribution in [0.5, 0.6) is 5.75 Å². The van der Waals surface area contributed by atoms with Gasteiger partial charge in [-0.25, -0.2) is 4.79 Å². The quantitative estimate of drug-likeness (QED) is 0.234. The fourth-order valence-electron chi connectivity index (χ4n) is 3.89. The van der Waals surface area contributed by atoms with Gasteiger partial charge in [-0.3, -0.25) is 14.6 Å². The minimum absolute atomic E-state index is 0.0431. The molecule has 0 radical (unpaired) electrons.